The van der Waals surface area contributed by atoms with Gasteiger partial charge in [-0.05, 0) is 43.5 Å². The van der Waals surface area contributed by atoms with Gasteiger partial charge in [-0.25, -0.2) is 0 Å². The lowest BCUT2D eigenvalue weighted by molar-refractivity contribution is 0.309. The summed E-state index contributed by atoms with van der Waals surface area (Å²) in [5, 5.41) is 9.12. The Bertz CT molecular complexity index is 399. The first-order valence-electron chi connectivity index (χ1n) is 5.67. The average Bonchev–Trinajstić information content (AvgIpc) is 2.26. The summed E-state index contributed by atoms with van der Waals surface area (Å²) >= 11 is 5.94. The number of nitrogens with two attached hydrogens (primary N) is 1. The number of halogens is 1. The van der Waals surface area contributed by atoms with Crippen molar-refractivity contribution in [1.29, 1.82) is 5.26 Å². The summed E-state index contributed by atoms with van der Waals surface area (Å²) in [5.74, 6) is 0.810. The summed E-state index contributed by atoms with van der Waals surface area (Å²) in [6, 6.07) is 7.68. The van der Waals surface area contributed by atoms with Crippen LogP contribution in [0.25, 0.3) is 0 Å². The van der Waals surface area contributed by atoms with Crippen LogP contribution in [0.2, 0.25) is 5.02 Å². The lowest BCUT2D eigenvalue weighted by Gasteiger charge is -2.13. The molecule has 92 valence electrons. The van der Waals surface area contributed by atoms with Gasteiger partial charge in [-0.3, -0.25) is 0 Å². The van der Waals surface area contributed by atoms with E-state index < -0.39 is 0 Å². The van der Waals surface area contributed by atoms with E-state index in [0.29, 0.717) is 18.1 Å². The van der Waals surface area contributed by atoms with Gasteiger partial charge in [-0.15, -0.1) is 0 Å². The maximum Gasteiger partial charge on any atom is 0.122 e. The van der Waals surface area contributed by atoms with Crippen LogP contribution in [0.15, 0.2) is 18.2 Å². The molecule has 1 atom stereocenters. The van der Waals surface area contributed by atoms with E-state index in [4.69, 9.17) is 27.3 Å². The Morgan fingerprint density at radius 1 is 1.53 bits per heavy atom. The fraction of sp³-hybridized carbons (Fsp3) is 0.462. The minimum atomic E-state index is 0.0647. The second-order valence-corrected chi connectivity index (χ2v) is 4.48. The van der Waals surface area contributed by atoms with Gasteiger partial charge in [-0.1, -0.05) is 11.6 Å². The Morgan fingerprint density at radius 3 is 2.94 bits per heavy atom. The minimum Gasteiger partial charge on any atom is -0.493 e. The summed E-state index contributed by atoms with van der Waals surface area (Å²) in [4.78, 5) is 0. The maximum absolute atomic E-state index is 8.43. The number of unbranched alkanes of at least 4 members (excludes halogenated alkanes) is 1. The predicted octanol–water partition coefficient (Wildman–Crippen LogP) is 2.91. The van der Waals surface area contributed by atoms with E-state index in [-0.39, 0.29) is 6.04 Å². The zero-order chi connectivity index (χ0) is 12.7. The fourth-order valence-corrected chi connectivity index (χ4v) is 1.72. The Morgan fingerprint density at radius 2 is 2.29 bits per heavy atom. The third-order valence-electron chi connectivity index (χ3n) is 2.25. The summed E-state index contributed by atoms with van der Waals surface area (Å²) < 4.78 is 5.63. The summed E-state index contributed by atoms with van der Waals surface area (Å²) in [7, 11) is 0. The third kappa shape index (κ3) is 5.08. The molecule has 0 amide bonds. The lowest BCUT2D eigenvalue weighted by Crippen LogP contribution is -2.18. The number of ether oxygens (including phenoxy) is 1. The van der Waals surface area contributed by atoms with E-state index >= 15 is 0 Å². The number of nitrogens with zero attached hydrogens (tertiary/aromatic N) is 1. The Balaban J connectivity index is 2.66. The van der Waals surface area contributed by atoms with Crippen LogP contribution in [0.5, 0.6) is 5.75 Å². The molecule has 0 aliphatic carbocycles. The lowest BCUT2D eigenvalue weighted by atomic mass is 10.1. The Kier molecular flexibility index (Phi) is 5.82. The molecule has 17 heavy (non-hydrogen) atoms. The molecule has 0 fully saturated rings. The molecular formula is C13H17ClN2O. The van der Waals surface area contributed by atoms with Crippen molar-refractivity contribution in [1.82, 2.24) is 0 Å². The smallest absolute Gasteiger partial charge is 0.122 e. The van der Waals surface area contributed by atoms with E-state index in [9.17, 15) is 0 Å². The van der Waals surface area contributed by atoms with Crippen molar-refractivity contribution in [3.63, 3.8) is 0 Å². The van der Waals surface area contributed by atoms with Crippen molar-refractivity contribution >= 4 is 11.6 Å². The molecule has 0 saturated heterocycles. The average molecular weight is 253 g/mol. The number of hydrogen-bond acceptors (Lipinski definition) is 3. The molecule has 0 bridgehead atoms. The molecule has 0 aliphatic heterocycles. The van der Waals surface area contributed by atoms with Crippen LogP contribution in [0, 0.1) is 11.3 Å². The number of rotatable bonds is 6. The largest absolute Gasteiger partial charge is 0.493 e. The first-order valence-corrected chi connectivity index (χ1v) is 6.05. The second-order valence-electron chi connectivity index (χ2n) is 4.04. The van der Waals surface area contributed by atoms with Gasteiger partial charge in [0, 0.05) is 17.5 Å². The molecule has 0 saturated carbocycles. The predicted molar refractivity (Wildman–Crippen MR) is 69.1 cm³/mol. The van der Waals surface area contributed by atoms with Crippen molar-refractivity contribution in [2.45, 2.75) is 32.2 Å². The molecule has 1 rings (SSSR count). The molecule has 1 aromatic carbocycles. The van der Waals surface area contributed by atoms with Crippen LogP contribution in [-0.4, -0.2) is 12.6 Å². The first-order chi connectivity index (χ1) is 8.13. The molecule has 1 aromatic rings. The van der Waals surface area contributed by atoms with Crippen molar-refractivity contribution < 1.29 is 4.74 Å². The molecule has 0 spiro atoms. The van der Waals surface area contributed by atoms with Crippen molar-refractivity contribution in [2.75, 3.05) is 6.61 Å². The maximum atomic E-state index is 8.43. The minimum absolute atomic E-state index is 0.0647. The van der Waals surface area contributed by atoms with Crippen LogP contribution >= 0.6 is 11.6 Å². The van der Waals surface area contributed by atoms with Crippen LogP contribution in [0.3, 0.4) is 0 Å². The summed E-state index contributed by atoms with van der Waals surface area (Å²) in [5.41, 5.74) is 6.80. The zero-order valence-electron chi connectivity index (χ0n) is 9.95. The molecular weight excluding hydrogens is 236 g/mol. The molecule has 2 N–H and O–H groups in total. The zero-order valence-corrected chi connectivity index (χ0v) is 10.7. The van der Waals surface area contributed by atoms with Gasteiger partial charge in [-0.2, -0.15) is 5.26 Å². The summed E-state index contributed by atoms with van der Waals surface area (Å²) in [6.07, 6.45) is 1.97. The van der Waals surface area contributed by atoms with Crippen molar-refractivity contribution in [2.24, 2.45) is 5.73 Å². The van der Waals surface area contributed by atoms with Crippen molar-refractivity contribution in [3.8, 4) is 11.8 Å². The Hall–Kier alpha value is -1.24. The molecule has 0 heterocycles. The topological polar surface area (TPSA) is 59.0 Å². The highest BCUT2D eigenvalue weighted by Gasteiger charge is 2.07. The summed E-state index contributed by atoms with van der Waals surface area (Å²) in [6.45, 7) is 2.49. The first kappa shape index (κ1) is 13.8. The fourth-order valence-electron chi connectivity index (χ4n) is 1.53. The monoisotopic (exact) mass is 252 g/mol. The van der Waals surface area contributed by atoms with E-state index in [1.54, 1.807) is 6.07 Å². The number of benzene rings is 1. The van der Waals surface area contributed by atoms with Crippen LogP contribution < -0.4 is 10.5 Å². The quantitative estimate of drug-likeness (QED) is 0.792. The third-order valence-corrected chi connectivity index (χ3v) is 2.49. The van der Waals surface area contributed by atoms with Crippen LogP contribution in [0.1, 0.15) is 25.3 Å². The normalized spacial score (nSPS) is 11.9. The molecule has 0 radical (unpaired) electrons. The van der Waals surface area contributed by atoms with Gasteiger partial charge < -0.3 is 10.5 Å². The van der Waals surface area contributed by atoms with Gasteiger partial charge in [0.15, 0.2) is 0 Å². The van der Waals surface area contributed by atoms with E-state index in [0.717, 1.165) is 24.2 Å². The standard InChI is InChI=1S/C13H17ClN2O/c1-10(16)8-11-9-12(14)4-5-13(11)17-7-3-2-6-15/h4-5,9-10H,2-3,7-8,16H2,1H3. The van der Waals surface area contributed by atoms with Crippen molar-refractivity contribution in [3.05, 3.63) is 28.8 Å². The molecule has 1 unspecified atom stereocenters. The van der Waals surface area contributed by atoms with E-state index in [1.807, 2.05) is 19.1 Å². The van der Waals surface area contributed by atoms with Gasteiger partial charge in [0.05, 0.1) is 12.7 Å². The molecule has 0 aromatic heterocycles. The van der Waals surface area contributed by atoms with Gasteiger partial charge >= 0.3 is 0 Å². The second kappa shape index (κ2) is 7.16. The Labute approximate surface area is 107 Å². The van der Waals surface area contributed by atoms with Gasteiger partial charge in [0.2, 0.25) is 0 Å². The molecule has 3 nitrogen and oxygen atoms in total. The van der Waals surface area contributed by atoms with E-state index in [1.165, 1.54) is 0 Å². The molecule has 4 heteroatoms. The van der Waals surface area contributed by atoms with E-state index in [2.05, 4.69) is 6.07 Å². The number of nitriles is 1. The highest BCUT2D eigenvalue weighted by Crippen LogP contribution is 2.24. The van der Waals surface area contributed by atoms with Crippen LogP contribution in [0.4, 0.5) is 0 Å². The molecule has 0 aliphatic rings. The highest BCUT2D eigenvalue weighted by molar-refractivity contribution is 6.30. The van der Waals surface area contributed by atoms with Gasteiger partial charge in [0.25, 0.3) is 0 Å². The van der Waals surface area contributed by atoms with Crippen LogP contribution in [-0.2, 0) is 6.42 Å². The number of hydrogen-bond donors (Lipinski definition) is 1. The SMILES string of the molecule is CC(N)Cc1cc(Cl)ccc1OCCCC#N. The van der Waals surface area contributed by atoms with Gasteiger partial charge in [0.1, 0.15) is 5.75 Å². The highest BCUT2D eigenvalue weighted by atomic mass is 35.5.